The number of benzene rings is 2. The van der Waals surface area contributed by atoms with Gasteiger partial charge >= 0.3 is 0 Å². The second kappa shape index (κ2) is 8.18. The number of thioether (sulfide) groups is 1. The summed E-state index contributed by atoms with van der Waals surface area (Å²) in [5.41, 5.74) is 0.681. The Morgan fingerprint density at radius 2 is 2.05 bits per heavy atom. The SMILES string of the molecule is CCNC(CSc1cccc(Cl)c1)c1cccc(Br)c1F. The number of nitrogens with one attached hydrogen (secondary N) is 1. The van der Waals surface area contributed by atoms with E-state index in [0.717, 1.165) is 17.2 Å². The lowest BCUT2D eigenvalue weighted by Crippen LogP contribution is -2.24. The minimum Gasteiger partial charge on any atom is -0.309 e. The summed E-state index contributed by atoms with van der Waals surface area (Å²) in [4.78, 5) is 1.08. The van der Waals surface area contributed by atoms with E-state index in [1.807, 2.05) is 43.3 Å². The summed E-state index contributed by atoms with van der Waals surface area (Å²) in [7, 11) is 0. The minimum atomic E-state index is -0.199. The molecule has 1 atom stereocenters. The lowest BCUT2D eigenvalue weighted by atomic mass is 10.1. The number of hydrogen-bond acceptors (Lipinski definition) is 2. The average Bonchev–Trinajstić information content (AvgIpc) is 2.47. The Morgan fingerprint density at radius 1 is 1.29 bits per heavy atom. The highest BCUT2D eigenvalue weighted by Gasteiger charge is 2.16. The first-order chi connectivity index (χ1) is 10.1. The van der Waals surface area contributed by atoms with Crippen LogP contribution in [0.2, 0.25) is 5.02 Å². The van der Waals surface area contributed by atoms with Crippen molar-refractivity contribution in [3.05, 3.63) is 63.3 Å². The molecule has 0 aliphatic rings. The van der Waals surface area contributed by atoms with Gasteiger partial charge in [-0.3, -0.25) is 0 Å². The number of rotatable bonds is 6. The van der Waals surface area contributed by atoms with Crippen LogP contribution < -0.4 is 5.32 Å². The normalized spacial score (nSPS) is 12.4. The molecule has 0 aromatic heterocycles. The first-order valence-electron chi connectivity index (χ1n) is 6.67. The zero-order chi connectivity index (χ0) is 15.2. The molecule has 0 fully saturated rings. The molecule has 0 amide bonds. The maximum Gasteiger partial charge on any atom is 0.142 e. The van der Waals surface area contributed by atoms with Crippen molar-refractivity contribution in [2.45, 2.75) is 17.9 Å². The third-order valence-corrected chi connectivity index (χ3v) is 4.95. The molecule has 5 heteroatoms. The largest absolute Gasteiger partial charge is 0.309 e. The van der Waals surface area contributed by atoms with Crippen molar-refractivity contribution in [3.63, 3.8) is 0 Å². The molecule has 0 spiro atoms. The average molecular weight is 389 g/mol. The maximum atomic E-state index is 14.2. The predicted molar refractivity (Wildman–Crippen MR) is 92.7 cm³/mol. The summed E-state index contributed by atoms with van der Waals surface area (Å²) < 4.78 is 14.7. The summed E-state index contributed by atoms with van der Waals surface area (Å²) in [6, 6.07) is 13.1. The molecule has 2 rings (SSSR count). The summed E-state index contributed by atoms with van der Waals surface area (Å²) in [6.07, 6.45) is 0. The molecule has 0 radical (unpaired) electrons. The molecule has 0 saturated carbocycles. The Hall–Kier alpha value is -0.550. The first-order valence-corrected chi connectivity index (χ1v) is 8.83. The second-order valence-corrected chi connectivity index (χ2v) is 6.91. The number of hydrogen-bond donors (Lipinski definition) is 1. The van der Waals surface area contributed by atoms with Crippen LogP contribution in [0, 0.1) is 5.82 Å². The lowest BCUT2D eigenvalue weighted by molar-refractivity contribution is 0.542. The van der Waals surface area contributed by atoms with Gasteiger partial charge in [0.05, 0.1) is 4.47 Å². The van der Waals surface area contributed by atoms with Crippen molar-refractivity contribution < 1.29 is 4.39 Å². The first kappa shape index (κ1) is 16.8. The topological polar surface area (TPSA) is 12.0 Å². The van der Waals surface area contributed by atoms with Gasteiger partial charge in [0.25, 0.3) is 0 Å². The molecule has 112 valence electrons. The smallest absolute Gasteiger partial charge is 0.142 e. The van der Waals surface area contributed by atoms with Gasteiger partial charge in [0, 0.05) is 27.3 Å². The molecular weight excluding hydrogens is 373 g/mol. The maximum absolute atomic E-state index is 14.2. The molecule has 21 heavy (non-hydrogen) atoms. The summed E-state index contributed by atoms with van der Waals surface area (Å²) in [6.45, 7) is 2.81. The van der Waals surface area contributed by atoms with E-state index in [2.05, 4.69) is 21.2 Å². The van der Waals surface area contributed by atoms with Crippen LogP contribution in [0.1, 0.15) is 18.5 Å². The zero-order valence-electron chi connectivity index (χ0n) is 11.6. The fourth-order valence-electron chi connectivity index (χ4n) is 2.03. The quantitative estimate of drug-likeness (QED) is 0.638. The molecule has 1 unspecified atom stereocenters. The van der Waals surface area contributed by atoms with Crippen molar-refractivity contribution in [2.24, 2.45) is 0 Å². The zero-order valence-corrected chi connectivity index (χ0v) is 14.7. The Kier molecular flexibility index (Phi) is 6.55. The highest BCUT2D eigenvalue weighted by Crippen LogP contribution is 2.29. The van der Waals surface area contributed by atoms with E-state index in [-0.39, 0.29) is 11.9 Å². The van der Waals surface area contributed by atoms with Crippen LogP contribution in [-0.4, -0.2) is 12.3 Å². The summed E-state index contributed by atoms with van der Waals surface area (Å²) in [5, 5.41) is 4.05. The second-order valence-electron chi connectivity index (χ2n) is 4.52. The van der Waals surface area contributed by atoms with Crippen molar-refractivity contribution in [1.82, 2.24) is 5.32 Å². The monoisotopic (exact) mass is 387 g/mol. The third-order valence-electron chi connectivity index (χ3n) is 3.02. The molecule has 1 nitrogen and oxygen atoms in total. The molecular formula is C16H16BrClFNS. The van der Waals surface area contributed by atoms with Gasteiger partial charge in [-0.15, -0.1) is 11.8 Å². The Bertz CT molecular complexity index is 609. The van der Waals surface area contributed by atoms with E-state index in [0.29, 0.717) is 15.1 Å². The van der Waals surface area contributed by atoms with E-state index < -0.39 is 0 Å². The van der Waals surface area contributed by atoms with Crippen molar-refractivity contribution in [3.8, 4) is 0 Å². The van der Waals surface area contributed by atoms with Crippen molar-refractivity contribution >= 4 is 39.3 Å². The van der Waals surface area contributed by atoms with Crippen LogP contribution >= 0.6 is 39.3 Å². The third kappa shape index (κ3) is 4.71. The Labute approximate surface area is 142 Å². The highest BCUT2D eigenvalue weighted by molar-refractivity contribution is 9.10. The van der Waals surface area contributed by atoms with Crippen LogP contribution in [-0.2, 0) is 0 Å². The molecule has 1 N–H and O–H groups in total. The van der Waals surface area contributed by atoms with Crippen LogP contribution in [0.5, 0.6) is 0 Å². The Morgan fingerprint density at radius 3 is 2.76 bits per heavy atom. The van der Waals surface area contributed by atoms with E-state index in [4.69, 9.17) is 11.6 Å². The van der Waals surface area contributed by atoms with Crippen LogP contribution in [0.25, 0.3) is 0 Å². The van der Waals surface area contributed by atoms with Crippen LogP contribution in [0.3, 0.4) is 0 Å². The molecule has 2 aromatic carbocycles. The van der Waals surface area contributed by atoms with E-state index in [1.165, 1.54) is 0 Å². The standard InChI is InChI=1S/C16H16BrClFNS/c1-2-20-15(13-7-4-8-14(17)16(13)19)10-21-12-6-3-5-11(18)9-12/h3-9,15,20H,2,10H2,1H3. The van der Waals surface area contributed by atoms with Gasteiger partial charge in [-0.25, -0.2) is 4.39 Å². The van der Waals surface area contributed by atoms with E-state index in [1.54, 1.807) is 17.8 Å². The van der Waals surface area contributed by atoms with Gasteiger partial charge in [0.1, 0.15) is 5.82 Å². The van der Waals surface area contributed by atoms with Crippen molar-refractivity contribution in [1.29, 1.82) is 0 Å². The molecule has 0 aliphatic carbocycles. The number of halogens is 3. The van der Waals surface area contributed by atoms with Gasteiger partial charge in [-0.05, 0) is 46.7 Å². The van der Waals surface area contributed by atoms with Gasteiger partial charge in [0.15, 0.2) is 0 Å². The van der Waals surface area contributed by atoms with Gasteiger partial charge in [-0.2, -0.15) is 0 Å². The van der Waals surface area contributed by atoms with E-state index in [9.17, 15) is 4.39 Å². The summed E-state index contributed by atoms with van der Waals surface area (Å²) >= 11 is 10.9. The Balaban J connectivity index is 2.14. The molecule has 0 heterocycles. The summed E-state index contributed by atoms with van der Waals surface area (Å²) in [5.74, 6) is 0.539. The minimum absolute atomic E-state index is 0.0449. The molecule has 0 aliphatic heterocycles. The fourth-order valence-corrected chi connectivity index (χ4v) is 3.71. The van der Waals surface area contributed by atoms with E-state index >= 15 is 0 Å². The van der Waals surface area contributed by atoms with Crippen LogP contribution in [0.15, 0.2) is 51.8 Å². The lowest BCUT2D eigenvalue weighted by Gasteiger charge is -2.19. The molecule has 0 bridgehead atoms. The van der Waals surface area contributed by atoms with Crippen LogP contribution in [0.4, 0.5) is 4.39 Å². The van der Waals surface area contributed by atoms with Crippen molar-refractivity contribution in [2.75, 3.05) is 12.3 Å². The fraction of sp³-hybridized carbons (Fsp3) is 0.250. The molecule has 2 aromatic rings. The van der Waals surface area contributed by atoms with Gasteiger partial charge < -0.3 is 5.32 Å². The van der Waals surface area contributed by atoms with Gasteiger partial charge in [0.2, 0.25) is 0 Å². The molecule has 0 saturated heterocycles. The highest BCUT2D eigenvalue weighted by atomic mass is 79.9. The van der Waals surface area contributed by atoms with Gasteiger partial charge in [-0.1, -0.05) is 36.7 Å². The predicted octanol–water partition coefficient (Wildman–Crippen LogP) is 5.68.